The molecule has 0 fully saturated rings. The van der Waals surface area contributed by atoms with Crippen molar-refractivity contribution in [3.8, 4) is 6.07 Å². The molecule has 0 saturated heterocycles. The van der Waals surface area contributed by atoms with Crippen LogP contribution in [0.1, 0.15) is 35.1 Å². The second-order valence-electron chi connectivity index (χ2n) is 6.37. The maximum Gasteiger partial charge on any atom is 0.119 e. The molecule has 1 aliphatic rings. The van der Waals surface area contributed by atoms with Gasteiger partial charge in [0, 0.05) is 0 Å². The lowest BCUT2D eigenvalue weighted by Crippen LogP contribution is -2.28. The minimum Gasteiger partial charge on any atom is -0.361 e. The molecule has 1 aliphatic heterocycles. The van der Waals surface area contributed by atoms with Gasteiger partial charge in [-0.15, -0.1) is 17.0 Å². The minimum atomic E-state index is -0.388. The van der Waals surface area contributed by atoms with Gasteiger partial charge in [0.2, 0.25) is 0 Å². The Bertz CT molecular complexity index is 724. The fourth-order valence-electron chi connectivity index (χ4n) is 3.40. The van der Waals surface area contributed by atoms with Crippen molar-refractivity contribution in [1.29, 1.82) is 5.26 Å². The lowest BCUT2D eigenvalue weighted by Gasteiger charge is -2.31. The monoisotopic (exact) mass is 386 g/mol. The van der Waals surface area contributed by atoms with Gasteiger partial charge >= 0.3 is 0 Å². The molecule has 0 saturated carbocycles. The van der Waals surface area contributed by atoms with E-state index in [1.807, 2.05) is 18.2 Å². The van der Waals surface area contributed by atoms with E-state index in [2.05, 4.69) is 55.4 Å². The van der Waals surface area contributed by atoms with Crippen LogP contribution >= 0.6 is 17.0 Å². The molecule has 1 atom stereocenters. The number of hydrogen-bond donors (Lipinski definition) is 0. The van der Waals surface area contributed by atoms with Crippen molar-refractivity contribution in [2.45, 2.75) is 25.0 Å². The average Bonchev–Trinajstić information content (AvgIpc) is 2.94. The molecule has 0 spiro atoms. The molecular weight excluding hydrogens is 364 g/mol. The summed E-state index contributed by atoms with van der Waals surface area (Å²) < 4.78 is 6.35. The summed E-state index contributed by atoms with van der Waals surface area (Å²) in [4.78, 5) is 2.20. The van der Waals surface area contributed by atoms with Gasteiger partial charge in [-0.2, -0.15) is 5.26 Å². The molecule has 0 radical (unpaired) electrons. The van der Waals surface area contributed by atoms with Crippen LogP contribution in [0.3, 0.4) is 0 Å². The molecule has 1 heterocycles. The number of ether oxygens (including phenoxy) is 1. The van der Waals surface area contributed by atoms with Crippen LogP contribution in [-0.4, -0.2) is 25.5 Å². The molecule has 3 nitrogen and oxygen atoms in total. The summed E-state index contributed by atoms with van der Waals surface area (Å²) >= 11 is 0. The van der Waals surface area contributed by atoms with Gasteiger partial charge in [0.1, 0.15) is 5.60 Å². The quantitative estimate of drug-likeness (QED) is 0.770. The van der Waals surface area contributed by atoms with E-state index >= 15 is 0 Å². The molecule has 0 bridgehead atoms. The third-order valence-corrected chi connectivity index (χ3v) is 4.52. The number of nitriles is 1. The molecule has 126 valence electrons. The fourth-order valence-corrected chi connectivity index (χ4v) is 3.40. The smallest absolute Gasteiger partial charge is 0.119 e. The van der Waals surface area contributed by atoms with Crippen molar-refractivity contribution in [1.82, 2.24) is 4.90 Å². The van der Waals surface area contributed by atoms with Crippen molar-refractivity contribution in [3.63, 3.8) is 0 Å². The Morgan fingerprint density at radius 1 is 1.17 bits per heavy atom. The predicted molar refractivity (Wildman–Crippen MR) is 101 cm³/mol. The van der Waals surface area contributed by atoms with Gasteiger partial charge in [-0.05, 0) is 62.3 Å². The molecule has 0 amide bonds. The first kappa shape index (κ1) is 18.7. The zero-order chi connectivity index (χ0) is 16.3. The summed E-state index contributed by atoms with van der Waals surface area (Å²) in [6, 6.07) is 18.6. The topological polar surface area (TPSA) is 36.3 Å². The van der Waals surface area contributed by atoms with Crippen LogP contribution in [0.25, 0.3) is 0 Å². The Kier molecular flexibility index (Phi) is 6.17. The summed E-state index contributed by atoms with van der Waals surface area (Å²) in [6.07, 6.45) is 2.00. The number of benzene rings is 2. The Labute approximate surface area is 154 Å². The maximum absolute atomic E-state index is 9.12. The first-order valence-electron chi connectivity index (χ1n) is 8.03. The van der Waals surface area contributed by atoms with Crippen LogP contribution < -0.4 is 0 Å². The van der Waals surface area contributed by atoms with E-state index in [9.17, 15) is 0 Å². The number of rotatable bonds is 5. The molecule has 24 heavy (non-hydrogen) atoms. The Balaban J connectivity index is 0.00000208. The fraction of sp³-hybridized carbons (Fsp3) is 0.350. The Hall–Kier alpha value is -1.67. The first-order valence-corrected chi connectivity index (χ1v) is 8.03. The lowest BCUT2D eigenvalue weighted by atomic mass is 9.81. The van der Waals surface area contributed by atoms with E-state index < -0.39 is 0 Å². The molecule has 0 N–H and O–H groups in total. The van der Waals surface area contributed by atoms with Crippen LogP contribution in [0.2, 0.25) is 0 Å². The van der Waals surface area contributed by atoms with E-state index in [0.29, 0.717) is 12.2 Å². The lowest BCUT2D eigenvalue weighted by molar-refractivity contribution is -0.0139. The molecule has 2 aromatic carbocycles. The summed E-state index contributed by atoms with van der Waals surface area (Å²) in [5.74, 6) is 0. The largest absolute Gasteiger partial charge is 0.361 e. The third-order valence-electron chi connectivity index (χ3n) is 4.52. The normalized spacial score (nSPS) is 18.8. The van der Waals surface area contributed by atoms with Crippen LogP contribution in [0.15, 0.2) is 48.5 Å². The van der Waals surface area contributed by atoms with E-state index in [0.717, 1.165) is 24.9 Å². The first-order chi connectivity index (χ1) is 11.2. The standard InChI is InChI=1S/C20H22N2O.BrH/c1-22(2)12-6-11-20(18-7-4-3-5-8-18)19-10-9-16(14-21)13-17(19)15-23-20;/h3-5,7-10,13H,6,11-12,15H2,1-2H3;1H/t20-;/m0./s1. The summed E-state index contributed by atoms with van der Waals surface area (Å²) in [5, 5.41) is 9.12. The second-order valence-corrected chi connectivity index (χ2v) is 6.37. The Morgan fingerprint density at radius 2 is 1.92 bits per heavy atom. The van der Waals surface area contributed by atoms with Gasteiger partial charge in [0.05, 0.1) is 18.2 Å². The zero-order valence-corrected chi connectivity index (χ0v) is 15.9. The summed E-state index contributed by atoms with van der Waals surface area (Å²) in [6.45, 7) is 1.60. The maximum atomic E-state index is 9.12. The van der Waals surface area contributed by atoms with Crippen molar-refractivity contribution in [2.24, 2.45) is 0 Å². The predicted octanol–water partition coefficient (Wildman–Crippen LogP) is 4.25. The van der Waals surface area contributed by atoms with Crippen molar-refractivity contribution < 1.29 is 4.74 Å². The van der Waals surface area contributed by atoms with Gasteiger partial charge < -0.3 is 9.64 Å². The van der Waals surface area contributed by atoms with Crippen LogP contribution in [-0.2, 0) is 16.9 Å². The van der Waals surface area contributed by atoms with Crippen molar-refractivity contribution in [3.05, 3.63) is 70.8 Å². The molecular formula is C20H23BrN2O. The highest BCUT2D eigenvalue weighted by Crippen LogP contribution is 2.45. The van der Waals surface area contributed by atoms with Crippen molar-refractivity contribution >= 4 is 17.0 Å². The highest BCUT2D eigenvalue weighted by Gasteiger charge is 2.41. The summed E-state index contributed by atoms with van der Waals surface area (Å²) in [5.41, 5.74) is 3.85. The molecule has 0 unspecified atom stereocenters. The third kappa shape index (κ3) is 3.54. The number of fused-ring (bicyclic) bond motifs is 1. The highest BCUT2D eigenvalue weighted by atomic mass is 79.9. The van der Waals surface area contributed by atoms with E-state index in [1.165, 1.54) is 11.1 Å². The van der Waals surface area contributed by atoms with Gasteiger partial charge in [-0.3, -0.25) is 0 Å². The van der Waals surface area contributed by atoms with Crippen LogP contribution in [0, 0.1) is 11.3 Å². The second kappa shape index (κ2) is 7.94. The Morgan fingerprint density at radius 3 is 2.58 bits per heavy atom. The number of nitrogens with zero attached hydrogens (tertiary/aromatic N) is 2. The van der Waals surface area contributed by atoms with Crippen LogP contribution in [0.5, 0.6) is 0 Å². The van der Waals surface area contributed by atoms with E-state index in [-0.39, 0.29) is 22.6 Å². The van der Waals surface area contributed by atoms with Gasteiger partial charge in [0.25, 0.3) is 0 Å². The van der Waals surface area contributed by atoms with Crippen molar-refractivity contribution in [2.75, 3.05) is 20.6 Å². The van der Waals surface area contributed by atoms with E-state index in [4.69, 9.17) is 10.00 Å². The molecule has 2 aromatic rings. The van der Waals surface area contributed by atoms with E-state index in [1.54, 1.807) is 0 Å². The molecule has 4 heteroatoms. The number of halogens is 1. The molecule has 0 aromatic heterocycles. The summed E-state index contributed by atoms with van der Waals surface area (Å²) in [7, 11) is 4.19. The van der Waals surface area contributed by atoms with Gasteiger partial charge in [0.15, 0.2) is 0 Å². The molecule has 0 aliphatic carbocycles. The van der Waals surface area contributed by atoms with Gasteiger partial charge in [-0.25, -0.2) is 0 Å². The SMILES string of the molecule is Br.CN(C)CCC[C@@]1(c2ccccc2)OCc2cc(C#N)ccc21. The molecule has 3 rings (SSSR count). The minimum absolute atomic E-state index is 0. The highest BCUT2D eigenvalue weighted by molar-refractivity contribution is 8.93. The average molecular weight is 387 g/mol. The van der Waals surface area contributed by atoms with Gasteiger partial charge in [-0.1, -0.05) is 36.4 Å². The number of hydrogen-bond acceptors (Lipinski definition) is 3. The van der Waals surface area contributed by atoms with Crippen LogP contribution in [0.4, 0.5) is 0 Å². The zero-order valence-electron chi connectivity index (χ0n) is 14.2.